The van der Waals surface area contributed by atoms with E-state index in [9.17, 15) is 9.59 Å². The van der Waals surface area contributed by atoms with Crippen LogP contribution in [0.2, 0.25) is 0 Å². The first kappa shape index (κ1) is 20.1. The molecule has 5 aromatic rings. The van der Waals surface area contributed by atoms with E-state index in [4.69, 9.17) is 0 Å². The van der Waals surface area contributed by atoms with Crippen LogP contribution in [0.4, 0.5) is 0 Å². The molecule has 2 N–H and O–H groups in total. The Hall–Kier alpha value is -4.79. The van der Waals surface area contributed by atoms with Gasteiger partial charge in [0.05, 0.1) is 16.9 Å². The lowest BCUT2D eigenvalue weighted by atomic mass is 10.1. The summed E-state index contributed by atoms with van der Waals surface area (Å²) < 4.78 is 3.15. The van der Waals surface area contributed by atoms with Gasteiger partial charge < -0.3 is 0 Å². The van der Waals surface area contributed by atoms with Crippen molar-refractivity contribution in [1.82, 2.24) is 35.2 Å². The molecule has 0 radical (unpaired) electrons. The Morgan fingerprint density at radius 3 is 2.30 bits per heavy atom. The number of amides is 2. The van der Waals surface area contributed by atoms with Gasteiger partial charge in [-0.2, -0.15) is 10.2 Å². The molecular weight excluding hydrogens is 418 g/mol. The first-order valence-electron chi connectivity index (χ1n) is 10.2. The third-order valence-corrected chi connectivity index (χ3v) is 5.11. The predicted molar refractivity (Wildman–Crippen MR) is 122 cm³/mol. The summed E-state index contributed by atoms with van der Waals surface area (Å²) >= 11 is 0. The second-order valence-corrected chi connectivity index (χ2v) is 7.29. The Morgan fingerprint density at radius 1 is 0.848 bits per heavy atom. The lowest BCUT2D eigenvalue weighted by Gasteiger charge is -2.07. The fourth-order valence-electron chi connectivity index (χ4n) is 3.57. The van der Waals surface area contributed by atoms with E-state index >= 15 is 0 Å². The van der Waals surface area contributed by atoms with Gasteiger partial charge in [0.1, 0.15) is 11.3 Å². The fourth-order valence-corrected chi connectivity index (χ4v) is 3.57. The maximum Gasteiger partial charge on any atom is 0.275 e. The number of aromatic nitrogens is 5. The van der Waals surface area contributed by atoms with E-state index in [2.05, 4.69) is 26.0 Å². The molecule has 2 amide bonds. The van der Waals surface area contributed by atoms with Gasteiger partial charge in [-0.3, -0.25) is 20.4 Å². The molecule has 0 fully saturated rings. The van der Waals surface area contributed by atoms with Crippen molar-refractivity contribution in [1.29, 1.82) is 0 Å². The molecular formula is C24H19N7O2. The standard InChI is InChI=1S/C24H19N7O2/c1-16-20(22-25-13-8-14-30(22)28-16)24(33)27-26-23(32)19-15-31(18-11-6-3-7-12-18)29-21(19)17-9-4-2-5-10-17/h2-15H,1H3,(H,26,32)(H,27,33). The highest BCUT2D eigenvalue weighted by atomic mass is 16.2. The van der Waals surface area contributed by atoms with Crippen molar-refractivity contribution in [2.45, 2.75) is 6.92 Å². The number of nitrogens with one attached hydrogen (secondary N) is 2. The van der Waals surface area contributed by atoms with E-state index in [0.717, 1.165) is 11.3 Å². The van der Waals surface area contributed by atoms with Gasteiger partial charge in [0.25, 0.3) is 11.8 Å². The van der Waals surface area contributed by atoms with Crippen LogP contribution < -0.4 is 10.9 Å². The van der Waals surface area contributed by atoms with Crippen LogP contribution in [0.25, 0.3) is 22.6 Å². The molecule has 9 nitrogen and oxygen atoms in total. The molecule has 0 saturated carbocycles. The fraction of sp³-hybridized carbons (Fsp3) is 0.0417. The number of benzene rings is 2. The van der Waals surface area contributed by atoms with E-state index in [0.29, 0.717) is 28.2 Å². The molecule has 3 aromatic heterocycles. The third-order valence-electron chi connectivity index (χ3n) is 5.11. The lowest BCUT2D eigenvalue weighted by Crippen LogP contribution is -2.42. The van der Waals surface area contributed by atoms with Crippen LogP contribution in [-0.4, -0.2) is 36.2 Å². The van der Waals surface area contributed by atoms with Crippen LogP contribution in [-0.2, 0) is 0 Å². The summed E-state index contributed by atoms with van der Waals surface area (Å²) in [5.74, 6) is -1.00. The van der Waals surface area contributed by atoms with Gasteiger partial charge in [-0.15, -0.1) is 0 Å². The van der Waals surface area contributed by atoms with E-state index < -0.39 is 11.8 Å². The molecule has 5 rings (SSSR count). The number of rotatable bonds is 4. The molecule has 33 heavy (non-hydrogen) atoms. The van der Waals surface area contributed by atoms with Gasteiger partial charge in [-0.05, 0) is 25.1 Å². The van der Waals surface area contributed by atoms with Gasteiger partial charge in [0.2, 0.25) is 0 Å². The zero-order chi connectivity index (χ0) is 22.8. The zero-order valence-corrected chi connectivity index (χ0v) is 17.6. The van der Waals surface area contributed by atoms with Crippen LogP contribution >= 0.6 is 0 Å². The normalized spacial score (nSPS) is 10.8. The van der Waals surface area contributed by atoms with Gasteiger partial charge in [-0.1, -0.05) is 48.5 Å². The summed E-state index contributed by atoms with van der Waals surface area (Å²) in [6.45, 7) is 1.71. The van der Waals surface area contributed by atoms with Crippen molar-refractivity contribution in [3.8, 4) is 16.9 Å². The van der Waals surface area contributed by atoms with Crippen LogP contribution in [0.15, 0.2) is 85.3 Å². The van der Waals surface area contributed by atoms with Gasteiger partial charge >= 0.3 is 0 Å². The van der Waals surface area contributed by atoms with Crippen molar-refractivity contribution in [3.63, 3.8) is 0 Å². The number of fused-ring (bicyclic) bond motifs is 1. The van der Waals surface area contributed by atoms with E-state index in [1.54, 1.807) is 36.3 Å². The van der Waals surface area contributed by atoms with Gasteiger partial charge in [0, 0.05) is 24.2 Å². The maximum atomic E-state index is 13.1. The molecule has 162 valence electrons. The summed E-state index contributed by atoms with van der Waals surface area (Å²) in [5, 5.41) is 8.90. The second kappa shape index (κ2) is 8.39. The van der Waals surface area contributed by atoms with Gasteiger partial charge in [0.15, 0.2) is 5.65 Å². The minimum atomic E-state index is -0.508. The maximum absolute atomic E-state index is 13.1. The second-order valence-electron chi connectivity index (χ2n) is 7.29. The van der Waals surface area contributed by atoms with Crippen molar-refractivity contribution >= 4 is 17.5 Å². The number of hydrogen-bond acceptors (Lipinski definition) is 5. The highest BCUT2D eigenvalue weighted by Gasteiger charge is 2.22. The Morgan fingerprint density at radius 2 is 1.55 bits per heavy atom. The van der Waals surface area contributed by atoms with Crippen LogP contribution in [0.3, 0.4) is 0 Å². The highest BCUT2D eigenvalue weighted by molar-refractivity contribution is 6.04. The summed E-state index contributed by atoms with van der Waals surface area (Å²) in [6, 6.07) is 20.6. The molecule has 0 bridgehead atoms. The minimum Gasteiger partial charge on any atom is -0.267 e. The first-order valence-corrected chi connectivity index (χ1v) is 10.2. The zero-order valence-electron chi connectivity index (χ0n) is 17.6. The Bertz CT molecular complexity index is 1460. The average Bonchev–Trinajstić information content (AvgIpc) is 3.44. The molecule has 3 heterocycles. The Labute approximate surface area is 188 Å². The molecule has 0 aliphatic rings. The number of hydrogen-bond donors (Lipinski definition) is 2. The SMILES string of the molecule is Cc1nn2cccnc2c1C(=O)NNC(=O)c1cn(-c2ccccc2)nc1-c1ccccc1. The summed E-state index contributed by atoms with van der Waals surface area (Å²) in [6.07, 6.45) is 4.92. The monoisotopic (exact) mass is 437 g/mol. The van der Waals surface area contributed by atoms with Crippen LogP contribution in [0, 0.1) is 6.92 Å². The molecule has 0 aliphatic heterocycles. The van der Waals surface area contributed by atoms with Gasteiger partial charge in [-0.25, -0.2) is 14.2 Å². The predicted octanol–water partition coefficient (Wildman–Crippen LogP) is 2.97. The number of aryl methyl sites for hydroxylation is 1. The Kier molecular flexibility index (Phi) is 5.12. The number of hydrazine groups is 1. The molecule has 2 aromatic carbocycles. The molecule has 0 saturated heterocycles. The molecule has 0 aliphatic carbocycles. The van der Waals surface area contributed by atoms with E-state index in [1.165, 1.54) is 4.52 Å². The van der Waals surface area contributed by atoms with Crippen molar-refractivity contribution in [2.75, 3.05) is 0 Å². The molecule has 0 unspecified atom stereocenters. The summed E-state index contributed by atoms with van der Waals surface area (Å²) in [4.78, 5) is 30.1. The van der Waals surface area contributed by atoms with Crippen molar-refractivity contribution in [2.24, 2.45) is 0 Å². The van der Waals surface area contributed by atoms with E-state index in [-0.39, 0.29) is 0 Å². The molecule has 9 heteroatoms. The Balaban J connectivity index is 1.44. The van der Waals surface area contributed by atoms with Crippen LogP contribution in [0.5, 0.6) is 0 Å². The van der Waals surface area contributed by atoms with Crippen LogP contribution in [0.1, 0.15) is 26.4 Å². The summed E-state index contributed by atoms with van der Waals surface area (Å²) in [7, 11) is 0. The number of para-hydroxylation sites is 1. The largest absolute Gasteiger partial charge is 0.275 e. The quantitative estimate of drug-likeness (QED) is 0.421. The molecule has 0 atom stereocenters. The third kappa shape index (κ3) is 3.83. The van der Waals surface area contributed by atoms with E-state index in [1.807, 2.05) is 60.7 Å². The minimum absolute atomic E-state index is 0.291. The van der Waals surface area contributed by atoms with Crippen molar-refractivity contribution < 1.29 is 9.59 Å². The lowest BCUT2D eigenvalue weighted by molar-refractivity contribution is 0.0847. The number of carbonyl (C=O) groups excluding carboxylic acids is 2. The first-order chi connectivity index (χ1) is 16.1. The smallest absolute Gasteiger partial charge is 0.267 e. The number of nitrogens with zero attached hydrogens (tertiary/aromatic N) is 5. The number of carbonyl (C=O) groups is 2. The average molecular weight is 437 g/mol. The van der Waals surface area contributed by atoms with Crippen molar-refractivity contribution in [3.05, 3.63) is 102 Å². The topological polar surface area (TPSA) is 106 Å². The summed E-state index contributed by atoms with van der Waals surface area (Å²) in [5.41, 5.74) is 8.59. The highest BCUT2D eigenvalue weighted by Crippen LogP contribution is 2.23. The molecule has 0 spiro atoms.